The zero-order chi connectivity index (χ0) is 20.8. The number of likely N-dealkylation sites (tertiary alicyclic amines) is 1. The van der Waals surface area contributed by atoms with Crippen LogP contribution in [0.5, 0.6) is 0 Å². The van der Waals surface area contributed by atoms with Crippen LogP contribution in [0, 0.1) is 6.92 Å². The van der Waals surface area contributed by atoms with E-state index in [1.165, 1.54) is 15.1 Å². The summed E-state index contributed by atoms with van der Waals surface area (Å²) in [5, 5.41) is 8.49. The van der Waals surface area contributed by atoms with Crippen molar-refractivity contribution in [3.63, 3.8) is 0 Å². The lowest BCUT2D eigenvalue weighted by atomic mass is 10.1. The van der Waals surface area contributed by atoms with Gasteiger partial charge in [-0.15, -0.1) is 16.9 Å². The second kappa shape index (κ2) is 9.91. The first kappa shape index (κ1) is 21.4. The van der Waals surface area contributed by atoms with Gasteiger partial charge in [0.2, 0.25) is 5.91 Å². The van der Waals surface area contributed by atoms with E-state index >= 15 is 0 Å². The first-order chi connectivity index (χ1) is 14.0. The third kappa shape index (κ3) is 5.38. The van der Waals surface area contributed by atoms with Crippen LogP contribution >= 0.6 is 11.8 Å². The van der Waals surface area contributed by atoms with Crippen molar-refractivity contribution in [2.24, 2.45) is 0 Å². The molecule has 2 heterocycles. The predicted octanol–water partition coefficient (Wildman–Crippen LogP) is 2.85. The lowest BCUT2D eigenvalue weighted by Gasteiger charge is -2.31. The second-order valence-electron chi connectivity index (χ2n) is 7.24. The fourth-order valence-corrected chi connectivity index (χ4v) is 4.71. The molecule has 1 aromatic carbocycles. The lowest BCUT2D eigenvalue weighted by molar-refractivity contribution is -0.131. The summed E-state index contributed by atoms with van der Waals surface area (Å²) in [4.78, 5) is 29.9. The molecule has 0 bridgehead atoms. The standard InChI is InChI=1S/C21H29N5O2S/c1-4-24(5-2)20(27)15-26-14-18(22-23-26)21(28)25-12-10-17(11-13-25)29-19-9-7-6-8-16(19)3/h6-9,14,17H,4-5,10-13,15H2,1-3H3. The highest BCUT2D eigenvalue weighted by molar-refractivity contribution is 8.00. The Morgan fingerprint density at radius 2 is 1.86 bits per heavy atom. The van der Waals surface area contributed by atoms with E-state index in [4.69, 9.17) is 0 Å². The first-order valence-corrected chi connectivity index (χ1v) is 11.1. The van der Waals surface area contributed by atoms with Crippen molar-refractivity contribution < 1.29 is 9.59 Å². The molecule has 1 fully saturated rings. The molecule has 0 spiro atoms. The van der Waals surface area contributed by atoms with Gasteiger partial charge in [0.05, 0.1) is 6.20 Å². The Bertz CT molecular complexity index is 841. The molecular formula is C21H29N5O2S. The van der Waals surface area contributed by atoms with E-state index in [0.717, 1.165) is 12.8 Å². The number of aryl methyl sites for hydroxylation is 1. The minimum absolute atomic E-state index is 0.0204. The van der Waals surface area contributed by atoms with Crippen molar-refractivity contribution in [1.29, 1.82) is 0 Å². The van der Waals surface area contributed by atoms with Gasteiger partial charge < -0.3 is 9.80 Å². The van der Waals surface area contributed by atoms with E-state index in [1.54, 1.807) is 11.1 Å². The van der Waals surface area contributed by atoms with Gasteiger partial charge in [0.25, 0.3) is 5.91 Å². The summed E-state index contributed by atoms with van der Waals surface area (Å²) in [5.74, 6) is -0.126. The van der Waals surface area contributed by atoms with Crippen molar-refractivity contribution in [1.82, 2.24) is 24.8 Å². The molecule has 156 valence electrons. The molecule has 29 heavy (non-hydrogen) atoms. The average Bonchev–Trinajstić information content (AvgIpc) is 3.19. The van der Waals surface area contributed by atoms with Crippen molar-refractivity contribution in [3.05, 3.63) is 41.7 Å². The highest BCUT2D eigenvalue weighted by Gasteiger charge is 2.26. The van der Waals surface area contributed by atoms with Gasteiger partial charge >= 0.3 is 0 Å². The molecule has 1 saturated heterocycles. The molecule has 0 atom stereocenters. The summed E-state index contributed by atoms with van der Waals surface area (Å²) >= 11 is 1.91. The molecule has 0 aliphatic carbocycles. The fraction of sp³-hybridized carbons (Fsp3) is 0.524. The Labute approximate surface area is 176 Å². The van der Waals surface area contributed by atoms with E-state index in [2.05, 4.69) is 41.5 Å². The highest BCUT2D eigenvalue weighted by atomic mass is 32.2. The number of rotatable bonds is 7. The van der Waals surface area contributed by atoms with Crippen molar-refractivity contribution in [3.8, 4) is 0 Å². The minimum atomic E-state index is -0.106. The number of likely N-dealkylation sites (N-methyl/N-ethyl adjacent to an activating group) is 1. The van der Waals surface area contributed by atoms with Crippen molar-refractivity contribution in [2.75, 3.05) is 26.2 Å². The molecule has 0 unspecified atom stereocenters. The maximum atomic E-state index is 12.8. The number of benzene rings is 1. The van der Waals surface area contributed by atoms with Gasteiger partial charge in [0.15, 0.2) is 5.69 Å². The normalized spacial score (nSPS) is 14.8. The Kier molecular flexibility index (Phi) is 7.30. The summed E-state index contributed by atoms with van der Waals surface area (Å²) < 4.78 is 1.45. The van der Waals surface area contributed by atoms with Crippen molar-refractivity contribution in [2.45, 2.75) is 50.3 Å². The zero-order valence-corrected chi connectivity index (χ0v) is 18.2. The Morgan fingerprint density at radius 1 is 1.17 bits per heavy atom. The largest absolute Gasteiger partial charge is 0.342 e. The maximum Gasteiger partial charge on any atom is 0.276 e. The highest BCUT2D eigenvalue weighted by Crippen LogP contribution is 2.32. The second-order valence-corrected chi connectivity index (χ2v) is 8.58. The number of hydrogen-bond donors (Lipinski definition) is 0. The molecule has 1 aliphatic heterocycles. The first-order valence-electron chi connectivity index (χ1n) is 10.2. The van der Waals surface area contributed by atoms with Gasteiger partial charge in [-0.25, -0.2) is 4.68 Å². The molecule has 8 heteroatoms. The summed E-state index contributed by atoms with van der Waals surface area (Å²) in [7, 11) is 0. The number of carbonyl (C=O) groups excluding carboxylic acids is 2. The van der Waals surface area contributed by atoms with E-state index in [0.29, 0.717) is 37.1 Å². The van der Waals surface area contributed by atoms with Gasteiger partial charge in [0.1, 0.15) is 6.54 Å². The molecular weight excluding hydrogens is 386 g/mol. The lowest BCUT2D eigenvalue weighted by Crippen LogP contribution is -2.39. The minimum Gasteiger partial charge on any atom is -0.342 e. The van der Waals surface area contributed by atoms with Gasteiger partial charge in [-0.3, -0.25) is 9.59 Å². The van der Waals surface area contributed by atoms with Crippen molar-refractivity contribution >= 4 is 23.6 Å². The predicted molar refractivity (Wildman–Crippen MR) is 114 cm³/mol. The van der Waals surface area contributed by atoms with E-state index in [-0.39, 0.29) is 18.4 Å². The topological polar surface area (TPSA) is 71.3 Å². The number of hydrogen-bond acceptors (Lipinski definition) is 5. The number of piperidine rings is 1. The molecule has 0 radical (unpaired) electrons. The molecule has 1 aliphatic rings. The molecule has 0 saturated carbocycles. The van der Waals surface area contributed by atoms with Crippen LogP contribution in [0.4, 0.5) is 0 Å². The van der Waals surface area contributed by atoms with Crippen LogP contribution in [0.3, 0.4) is 0 Å². The fourth-order valence-electron chi connectivity index (χ4n) is 3.50. The molecule has 7 nitrogen and oxygen atoms in total. The number of nitrogens with zero attached hydrogens (tertiary/aromatic N) is 5. The third-order valence-electron chi connectivity index (χ3n) is 5.29. The summed E-state index contributed by atoms with van der Waals surface area (Å²) in [5.41, 5.74) is 1.61. The van der Waals surface area contributed by atoms with Crippen LogP contribution in [0.1, 0.15) is 42.7 Å². The van der Waals surface area contributed by atoms with Crippen LogP contribution in [-0.4, -0.2) is 68.0 Å². The van der Waals surface area contributed by atoms with Gasteiger partial charge in [0, 0.05) is 36.3 Å². The van der Waals surface area contributed by atoms with Crippen LogP contribution < -0.4 is 0 Å². The molecule has 1 aromatic heterocycles. The summed E-state index contributed by atoms with van der Waals surface area (Å²) in [6.07, 6.45) is 3.50. The average molecular weight is 416 g/mol. The molecule has 2 amide bonds. The number of amides is 2. The van der Waals surface area contributed by atoms with E-state index < -0.39 is 0 Å². The van der Waals surface area contributed by atoms with E-state index in [1.807, 2.05) is 30.5 Å². The molecule has 2 aromatic rings. The van der Waals surface area contributed by atoms with Gasteiger partial charge in [-0.05, 0) is 45.2 Å². The Hall–Kier alpha value is -2.35. The zero-order valence-electron chi connectivity index (χ0n) is 17.4. The SMILES string of the molecule is CCN(CC)C(=O)Cn1cc(C(=O)N2CCC(Sc3ccccc3C)CC2)nn1. The summed E-state index contributed by atoms with van der Waals surface area (Å²) in [6, 6.07) is 8.43. The monoisotopic (exact) mass is 415 g/mol. The van der Waals surface area contributed by atoms with Gasteiger partial charge in [-0.1, -0.05) is 23.4 Å². The Balaban J connectivity index is 1.52. The van der Waals surface area contributed by atoms with Crippen LogP contribution in [-0.2, 0) is 11.3 Å². The van der Waals surface area contributed by atoms with Crippen LogP contribution in [0.15, 0.2) is 35.4 Å². The summed E-state index contributed by atoms with van der Waals surface area (Å²) in [6.45, 7) is 8.88. The number of aromatic nitrogens is 3. The number of thioether (sulfide) groups is 1. The maximum absolute atomic E-state index is 12.8. The van der Waals surface area contributed by atoms with Crippen LogP contribution in [0.2, 0.25) is 0 Å². The van der Waals surface area contributed by atoms with Gasteiger partial charge in [-0.2, -0.15) is 0 Å². The van der Waals surface area contributed by atoms with Crippen LogP contribution in [0.25, 0.3) is 0 Å². The molecule has 0 N–H and O–H groups in total. The number of carbonyl (C=O) groups is 2. The molecule has 3 rings (SSSR count). The smallest absolute Gasteiger partial charge is 0.276 e. The third-order valence-corrected chi connectivity index (χ3v) is 6.80. The Morgan fingerprint density at radius 3 is 2.52 bits per heavy atom. The van der Waals surface area contributed by atoms with E-state index in [9.17, 15) is 9.59 Å². The quantitative estimate of drug-likeness (QED) is 0.695.